The third-order valence-electron chi connectivity index (χ3n) is 3.71. The number of hydrogen-bond acceptors (Lipinski definition) is 4. The summed E-state index contributed by atoms with van der Waals surface area (Å²) < 4.78 is 0. The van der Waals surface area contributed by atoms with E-state index >= 15 is 0 Å². The van der Waals surface area contributed by atoms with Gasteiger partial charge in [0.05, 0.1) is 23.8 Å². The lowest BCUT2D eigenvalue weighted by Gasteiger charge is -2.15. The van der Waals surface area contributed by atoms with Crippen LogP contribution in [0.2, 0.25) is 0 Å². The molecule has 0 unspecified atom stereocenters. The number of aliphatic hydroxyl groups excluding tert-OH is 1. The summed E-state index contributed by atoms with van der Waals surface area (Å²) in [6.45, 7) is 10.7. The molecule has 4 N–H and O–H groups in total. The van der Waals surface area contributed by atoms with Gasteiger partial charge in [0.1, 0.15) is 5.84 Å². The minimum Gasteiger partial charge on any atom is -0.391 e. The van der Waals surface area contributed by atoms with Gasteiger partial charge in [0, 0.05) is 13.0 Å². The van der Waals surface area contributed by atoms with Crippen LogP contribution < -0.4 is 11.1 Å². The first kappa shape index (κ1) is 17.4. The number of nitrogens with zero attached hydrogens (tertiary/aromatic N) is 2. The Kier molecular flexibility index (Phi) is 7.15. The van der Waals surface area contributed by atoms with Crippen molar-refractivity contribution >= 4 is 12.2 Å². The van der Waals surface area contributed by atoms with Crippen molar-refractivity contribution in [2.45, 2.75) is 52.6 Å². The van der Waals surface area contributed by atoms with Crippen LogP contribution in [-0.4, -0.2) is 29.9 Å². The van der Waals surface area contributed by atoms with Gasteiger partial charge in [-0.05, 0) is 31.3 Å². The molecule has 0 aromatic heterocycles. The largest absolute Gasteiger partial charge is 0.391 e. The van der Waals surface area contributed by atoms with Crippen LogP contribution in [0.1, 0.15) is 46.5 Å². The van der Waals surface area contributed by atoms with E-state index in [2.05, 4.69) is 35.7 Å². The molecule has 0 saturated heterocycles. The monoisotopic (exact) mass is 292 g/mol. The number of aliphatic imine (C=N–C) groups is 2. The Hall–Kier alpha value is -1.62. The van der Waals surface area contributed by atoms with Crippen LogP contribution in [0.25, 0.3) is 0 Å². The lowest BCUT2D eigenvalue weighted by molar-refractivity contribution is 0.158. The van der Waals surface area contributed by atoms with Gasteiger partial charge in [-0.1, -0.05) is 26.8 Å². The molecular weight excluding hydrogens is 264 g/mol. The van der Waals surface area contributed by atoms with E-state index in [1.54, 1.807) is 6.34 Å². The zero-order chi connectivity index (χ0) is 15.8. The highest BCUT2D eigenvalue weighted by Crippen LogP contribution is 2.22. The van der Waals surface area contributed by atoms with E-state index in [4.69, 9.17) is 5.73 Å². The van der Waals surface area contributed by atoms with Gasteiger partial charge in [0.2, 0.25) is 0 Å². The average molecular weight is 292 g/mol. The first-order chi connectivity index (χ1) is 9.93. The molecule has 1 aliphatic heterocycles. The van der Waals surface area contributed by atoms with Crippen molar-refractivity contribution in [3.05, 3.63) is 23.5 Å². The van der Waals surface area contributed by atoms with Crippen LogP contribution in [0.3, 0.4) is 0 Å². The Balaban J connectivity index is 2.38. The highest BCUT2D eigenvalue weighted by molar-refractivity contribution is 5.86. The SMILES string of the molecule is C=C1CC(N)=NC(C)=C1/N=C\NC[C@H](O)CC[C@H](C)CC. The quantitative estimate of drug-likeness (QED) is 0.474. The zero-order valence-corrected chi connectivity index (χ0v) is 13.4. The number of rotatable bonds is 8. The van der Waals surface area contributed by atoms with E-state index in [9.17, 15) is 5.11 Å². The van der Waals surface area contributed by atoms with Crippen LogP contribution in [-0.2, 0) is 0 Å². The number of hydrogen-bond donors (Lipinski definition) is 3. The van der Waals surface area contributed by atoms with Gasteiger partial charge < -0.3 is 16.2 Å². The first-order valence-electron chi connectivity index (χ1n) is 7.60. The van der Waals surface area contributed by atoms with Crippen LogP contribution in [0, 0.1) is 5.92 Å². The fraction of sp³-hybridized carbons (Fsp3) is 0.625. The number of amidine groups is 1. The average Bonchev–Trinajstić information content (AvgIpc) is 2.42. The molecule has 1 aliphatic rings. The van der Waals surface area contributed by atoms with Gasteiger partial charge in [0.15, 0.2) is 0 Å². The van der Waals surface area contributed by atoms with Crippen LogP contribution >= 0.6 is 0 Å². The normalized spacial score (nSPS) is 18.9. The molecule has 0 bridgehead atoms. The van der Waals surface area contributed by atoms with Gasteiger partial charge in [-0.25, -0.2) is 9.98 Å². The lowest BCUT2D eigenvalue weighted by atomic mass is 10.0. The van der Waals surface area contributed by atoms with Gasteiger partial charge >= 0.3 is 0 Å². The van der Waals surface area contributed by atoms with E-state index in [0.29, 0.717) is 24.7 Å². The van der Waals surface area contributed by atoms with Crippen molar-refractivity contribution in [1.29, 1.82) is 0 Å². The minimum absolute atomic E-state index is 0.344. The second kappa shape index (κ2) is 8.62. The second-order valence-electron chi connectivity index (χ2n) is 5.73. The highest BCUT2D eigenvalue weighted by atomic mass is 16.3. The smallest absolute Gasteiger partial charge is 0.104 e. The van der Waals surface area contributed by atoms with Crippen molar-refractivity contribution in [1.82, 2.24) is 5.32 Å². The lowest BCUT2D eigenvalue weighted by Crippen LogP contribution is -2.26. The first-order valence-corrected chi connectivity index (χ1v) is 7.60. The van der Waals surface area contributed by atoms with Gasteiger partial charge in [0.25, 0.3) is 0 Å². The fourth-order valence-corrected chi connectivity index (χ4v) is 2.13. The summed E-state index contributed by atoms with van der Waals surface area (Å²) in [4.78, 5) is 8.54. The summed E-state index contributed by atoms with van der Waals surface area (Å²) in [7, 11) is 0. The summed E-state index contributed by atoms with van der Waals surface area (Å²) in [5.41, 5.74) is 8.11. The topological polar surface area (TPSA) is 83.0 Å². The van der Waals surface area contributed by atoms with Crippen molar-refractivity contribution in [3.63, 3.8) is 0 Å². The molecule has 2 atom stereocenters. The molecule has 1 rings (SSSR count). The molecule has 5 nitrogen and oxygen atoms in total. The maximum absolute atomic E-state index is 9.88. The van der Waals surface area contributed by atoms with Gasteiger partial charge in [-0.15, -0.1) is 0 Å². The number of nitrogens with one attached hydrogen (secondary N) is 1. The molecule has 118 valence electrons. The van der Waals surface area contributed by atoms with Crippen molar-refractivity contribution in [2.75, 3.05) is 6.54 Å². The predicted octanol–water partition coefficient (Wildman–Crippen LogP) is 2.34. The Labute approximate surface area is 127 Å². The van der Waals surface area contributed by atoms with E-state index in [1.807, 2.05) is 6.92 Å². The van der Waals surface area contributed by atoms with E-state index in [-0.39, 0.29) is 6.10 Å². The molecule has 0 radical (unpaired) electrons. The molecule has 0 fully saturated rings. The molecule has 1 heterocycles. The minimum atomic E-state index is -0.344. The van der Waals surface area contributed by atoms with Crippen molar-refractivity contribution in [2.24, 2.45) is 21.6 Å². The molecule has 0 aliphatic carbocycles. The summed E-state index contributed by atoms with van der Waals surface area (Å²) >= 11 is 0. The van der Waals surface area contributed by atoms with E-state index < -0.39 is 0 Å². The van der Waals surface area contributed by atoms with Gasteiger partial charge in [-0.2, -0.15) is 0 Å². The van der Waals surface area contributed by atoms with Crippen molar-refractivity contribution < 1.29 is 5.11 Å². The summed E-state index contributed by atoms with van der Waals surface area (Å²) in [5.74, 6) is 1.24. The molecule has 0 saturated carbocycles. The molecular formula is C16H28N4O. The number of aliphatic hydroxyl groups is 1. The Morgan fingerprint density at radius 1 is 1.52 bits per heavy atom. The zero-order valence-electron chi connectivity index (χ0n) is 13.4. The highest BCUT2D eigenvalue weighted by Gasteiger charge is 2.13. The van der Waals surface area contributed by atoms with Crippen LogP contribution in [0.5, 0.6) is 0 Å². The Morgan fingerprint density at radius 3 is 2.86 bits per heavy atom. The standard InChI is InChI=1S/C16H28N4O/c1-5-11(2)6-7-14(21)9-18-10-19-16-12(3)8-15(17)20-13(16)4/h10-11,14,21H,3,5-9H2,1-2,4H3,(H2,17,20)(H,18,19)/t11-,14-/m1/s1. The predicted molar refractivity (Wildman–Crippen MR) is 89.3 cm³/mol. The second-order valence-corrected chi connectivity index (χ2v) is 5.73. The molecule has 0 aromatic rings. The summed E-state index contributed by atoms with van der Waals surface area (Å²) in [5, 5.41) is 12.9. The van der Waals surface area contributed by atoms with E-state index in [1.165, 1.54) is 0 Å². The van der Waals surface area contributed by atoms with Crippen molar-refractivity contribution in [3.8, 4) is 0 Å². The number of nitrogens with two attached hydrogens (primary N) is 1. The summed E-state index contributed by atoms with van der Waals surface area (Å²) in [6, 6.07) is 0. The maximum Gasteiger partial charge on any atom is 0.104 e. The molecule has 0 amide bonds. The summed E-state index contributed by atoms with van der Waals surface area (Å²) in [6.07, 6.45) is 4.83. The third-order valence-corrected chi connectivity index (χ3v) is 3.71. The fourth-order valence-electron chi connectivity index (χ4n) is 2.13. The molecule has 5 heteroatoms. The van der Waals surface area contributed by atoms with Crippen LogP contribution in [0.4, 0.5) is 0 Å². The molecule has 0 spiro atoms. The third kappa shape index (κ3) is 6.12. The molecule has 0 aromatic carbocycles. The van der Waals surface area contributed by atoms with E-state index in [0.717, 1.165) is 36.2 Å². The van der Waals surface area contributed by atoms with Crippen LogP contribution in [0.15, 0.2) is 33.5 Å². The van der Waals surface area contributed by atoms with Gasteiger partial charge in [-0.3, -0.25) is 0 Å². The molecule has 21 heavy (non-hydrogen) atoms. The number of allylic oxidation sites excluding steroid dienone is 2. The Morgan fingerprint density at radius 2 is 2.24 bits per heavy atom. The maximum atomic E-state index is 9.88. The Bertz CT molecular complexity index is 451.